The van der Waals surface area contributed by atoms with E-state index in [1.54, 1.807) is 16.5 Å². The lowest BCUT2D eigenvalue weighted by Crippen LogP contribution is -2.00. The molecule has 1 saturated carbocycles. The van der Waals surface area contributed by atoms with Gasteiger partial charge in [-0.15, -0.1) is 0 Å². The Morgan fingerprint density at radius 1 is 1.00 bits per heavy atom. The van der Waals surface area contributed by atoms with Crippen molar-refractivity contribution in [2.45, 2.75) is 49.8 Å². The van der Waals surface area contributed by atoms with E-state index in [1.165, 1.54) is 55.9 Å². The lowest BCUT2D eigenvalue weighted by atomic mass is 9.93. The minimum Gasteiger partial charge on any atom is -0.0838 e. The Hall–Kier alpha value is -0.820. The zero-order valence-electron chi connectivity index (χ0n) is 11.9. The zero-order chi connectivity index (χ0) is 13.5. The quantitative estimate of drug-likeness (QED) is 0.610. The molecular weight excluding hydrogens is 308 g/mol. The highest BCUT2D eigenvalue weighted by Crippen LogP contribution is 2.42. The molecule has 1 unspecified atom stereocenters. The minimum absolute atomic E-state index is 0.524. The monoisotopic (exact) mass is 328 g/mol. The third-order valence-corrected chi connectivity index (χ3v) is 6.13. The second kappa shape index (κ2) is 5.18. The fourth-order valence-corrected chi connectivity index (χ4v) is 5.14. The van der Waals surface area contributed by atoms with Crippen LogP contribution < -0.4 is 0 Å². The van der Waals surface area contributed by atoms with Crippen molar-refractivity contribution in [1.29, 1.82) is 0 Å². The van der Waals surface area contributed by atoms with Gasteiger partial charge >= 0.3 is 0 Å². The van der Waals surface area contributed by atoms with Crippen LogP contribution in [0.3, 0.4) is 0 Å². The molecule has 0 amide bonds. The van der Waals surface area contributed by atoms with Gasteiger partial charge < -0.3 is 0 Å². The van der Waals surface area contributed by atoms with Gasteiger partial charge in [0, 0.05) is 4.83 Å². The van der Waals surface area contributed by atoms with Crippen molar-refractivity contribution < 1.29 is 0 Å². The summed E-state index contributed by atoms with van der Waals surface area (Å²) in [6, 6.07) is 11.6. The van der Waals surface area contributed by atoms with E-state index in [9.17, 15) is 0 Å². The molecule has 2 aromatic carbocycles. The molecule has 0 aromatic heterocycles. The van der Waals surface area contributed by atoms with Crippen LogP contribution >= 0.6 is 15.9 Å². The van der Waals surface area contributed by atoms with E-state index >= 15 is 0 Å². The van der Waals surface area contributed by atoms with Crippen LogP contribution in [0.1, 0.15) is 53.6 Å². The molecule has 1 heteroatoms. The Labute approximate surface area is 129 Å². The molecule has 1 fully saturated rings. The molecule has 2 aliphatic carbocycles. The average molecular weight is 329 g/mol. The maximum absolute atomic E-state index is 3.99. The first-order chi connectivity index (χ1) is 9.83. The molecule has 0 spiro atoms. The molecule has 20 heavy (non-hydrogen) atoms. The Morgan fingerprint density at radius 3 is 2.55 bits per heavy atom. The molecule has 0 N–H and O–H groups in total. The van der Waals surface area contributed by atoms with Crippen LogP contribution in [-0.4, -0.2) is 0 Å². The summed E-state index contributed by atoms with van der Waals surface area (Å²) in [6.07, 6.45) is 9.51. The smallest absolute Gasteiger partial charge is 0.0404 e. The summed E-state index contributed by atoms with van der Waals surface area (Å²) in [5.74, 6) is 0.933. The Kier molecular flexibility index (Phi) is 3.34. The summed E-state index contributed by atoms with van der Waals surface area (Å²) in [5, 5.41) is 3.05. The van der Waals surface area contributed by atoms with E-state index in [0.717, 1.165) is 5.92 Å². The zero-order valence-corrected chi connectivity index (χ0v) is 13.5. The first-order valence-corrected chi connectivity index (χ1v) is 8.92. The summed E-state index contributed by atoms with van der Waals surface area (Å²) < 4.78 is 0. The summed E-state index contributed by atoms with van der Waals surface area (Å²) >= 11 is 3.99. The van der Waals surface area contributed by atoms with Gasteiger partial charge in [0.05, 0.1) is 0 Å². The molecule has 4 rings (SSSR count). The van der Waals surface area contributed by atoms with Gasteiger partial charge in [-0.05, 0) is 52.6 Å². The van der Waals surface area contributed by atoms with Crippen molar-refractivity contribution in [2.75, 3.05) is 0 Å². The fourth-order valence-electron chi connectivity index (χ4n) is 4.21. The highest BCUT2D eigenvalue weighted by atomic mass is 79.9. The summed E-state index contributed by atoms with van der Waals surface area (Å²) in [4.78, 5) is 0.524. The van der Waals surface area contributed by atoms with Crippen LogP contribution in [0.4, 0.5) is 0 Å². The van der Waals surface area contributed by atoms with Crippen LogP contribution in [0.15, 0.2) is 30.3 Å². The first kappa shape index (κ1) is 12.9. The Bertz CT molecular complexity index is 627. The second-order valence-electron chi connectivity index (χ2n) is 6.51. The van der Waals surface area contributed by atoms with Crippen LogP contribution in [0.25, 0.3) is 10.8 Å². The molecule has 0 nitrogen and oxygen atoms in total. The van der Waals surface area contributed by atoms with Crippen molar-refractivity contribution >= 4 is 26.7 Å². The lowest BCUT2D eigenvalue weighted by molar-refractivity contribution is 0.502. The highest BCUT2D eigenvalue weighted by molar-refractivity contribution is 9.09. The molecule has 0 saturated heterocycles. The van der Waals surface area contributed by atoms with Gasteiger partial charge in [-0.1, -0.05) is 71.9 Å². The highest BCUT2D eigenvalue weighted by Gasteiger charge is 2.22. The van der Waals surface area contributed by atoms with E-state index in [2.05, 4.69) is 46.3 Å². The number of aryl methyl sites for hydroxylation is 2. The van der Waals surface area contributed by atoms with E-state index in [-0.39, 0.29) is 0 Å². The lowest BCUT2D eigenvalue weighted by Gasteiger charge is -2.18. The van der Waals surface area contributed by atoms with Crippen molar-refractivity contribution in [1.82, 2.24) is 0 Å². The van der Waals surface area contributed by atoms with E-state index < -0.39 is 0 Å². The molecule has 0 aliphatic heterocycles. The Morgan fingerprint density at radius 2 is 1.75 bits per heavy atom. The van der Waals surface area contributed by atoms with Gasteiger partial charge in [0.1, 0.15) is 0 Å². The number of rotatable bonds is 3. The van der Waals surface area contributed by atoms with Crippen LogP contribution in [0.2, 0.25) is 0 Å². The molecule has 2 aliphatic rings. The molecule has 0 heterocycles. The van der Waals surface area contributed by atoms with Crippen LogP contribution in [0.5, 0.6) is 0 Å². The van der Waals surface area contributed by atoms with Crippen LogP contribution in [0, 0.1) is 5.92 Å². The molecule has 0 bridgehead atoms. The predicted molar refractivity (Wildman–Crippen MR) is 89.6 cm³/mol. The van der Waals surface area contributed by atoms with Crippen molar-refractivity contribution in [3.8, 4) is 0 Å². The van der Waals surface area contributed by atoms with Crippen molar-refractivity contribution in [2.24, 2.45) is 5.92 Å². The van der Waals surface area contributed by atoms with E-state index in [4.69, 9.17) is 0 Å². The van der Waals surface area contributed by atoms with Gasteiger partial charge in [0.25, 0.3) is 0 Å². The average Bonchev–Trinajstić information content (AvgIpc) is 3.10. The third kappa shape index (κ3) is 2.11. The normalized spacial score (nSPS) is 19.9. The maximum Gasteiger partial charge on any atom is 0.0404 e. The maximum atomic E-state index is 3.99. The molecular formula is C19H21Br. The van der Waals surface area contributed by atoms with Gasteiger partial charge in [-0.25, -0.2) is 0 Å². The fraction of sp³-hybridized carbons (Fsp3) is 0.474. The number of hydrogen-bond donors (Lipinski definition) is 0. The second-order valence-corrected chi connectivity index (χ2v) is 7.61. The standard InChI is InChI=1S/C19H21Br/c20-18(12-13-4-1-2-5-13)16-11-10-15-9-8-14-6-3-7-17(16)19(14)15/h3,6-7,10-11,13,18H,1-2,4-5,8-9,12H2. The molecule has 2 aromatic rings. The number of benzene rings is 2. The van der Waals surface area contributed by atoms with Gasteiger partial charge in [-0.3, -0.25) is 0 Å². The van der Waals surface area contributed by atoms with Gasteiger partial charge in [-0.2, -0.15) is 0 Å². The van der Waals surface area contributed by atoms with Crippen molar-refractivity contribution in [3.63, 3.8) is 0 Å². The number of alkyl halides is 1. The van der Waals surface area contributed by atoms with Crippen LogP contribution in [-0.2, 0) is 12.8 Å². The minimum atomic E-state index is 0.524. The van der Waals surface area contributed by atoms with Gasteiger partial charge in [0.2, 0.25) is 0 Å². The van der Waals surface area contributed by atoms with E-state index in [0.29, 0.717) is 4.83 Å². The summed E-state index contributed by atoms with van der Waals surface area (Å²) in [5.41, 5.74) is 4.62. The largest absolute Gasteiger partial charge is 0.0838 e. The Balaban J connectivity index is 1.73. The topological polar surface area (TPSA) is 0 Å². The number of hydrogen-bond acceptors (Lipinski definition) is 0. The molecule has 1 atom stereocenters. The molecule has 0 radical (unpaired) electrons. The van der Waals surface area contributed by atoms with Crippen molar-refractivity contribution in [3.05, 3.63) is 47.0 Å². The third-order valence-electron chi connectivity index (χ3n) is 5.26. The summed E-state index contributed by atoms with van der Waals surface area (Å²) in [6.45, 7) is 0. The first-order valence-electron chi connectivity index (χ1n) is 8.00. The molecule has 104 valence electrons. The summed E-state index contributed by atoms with van der Waals surface area (Å²) in [7, 11) is 0. The van der Waals surface area contributed by atoms with E-state index in [1.807, 2.05) is 0 Å². The predicted octanol–water partition coefficient (Wildman–Crippen LogP) is 5.95. The number of halogens is 1. The van der Waals surface area contributed by atoms with Gasteiger partial charge in [0.15, 0.2) is 0 Å². The SMILES string of the molecule is BrC(CC1CCCC1)c1ccc2c3c(cccc13)CC2.